The zero-order valence-electron chi connectivity index (χ0n) is 12.1. The first kappa shape index (κ1) is 13.6. The summed E-state index contributed by atoms with van der Waals surface area (Å²) < 4.78 is 12.2. The maximum Gasteiger partial charge on any atom is 0.153 e. The fourth-order valence-electron chi connectivity index (χ4n) is 3.55. The van der Waals surface area contributed by atoms with Crippen molar-refractivity contribution in [3.8, 4) is 5.75 Å². The lowest BCUT2D eigenvalue weighted by atomic mass is 9.90. The van der Waals surface area contributed by atoms with Gasteiger partial charge in [-0.05, 0) is 31.4 Å². The van der Waals surface area contributed by atoms with Gasteiger partial charge in [-0.1, -0.05) is 25.0 Å². The topological polar surface area (TPSA) is 35.5 Å². The molecule has 1 aliphatic carbocycles. The highest BCUT2D eigenvalue weighted by molar-refractivity contribution is 5.80. The molecule has 1 aromatic rings. The summed E-state index contributed by atoms with van der Waals surface area (Å²) in [5, 5.41) is 0. The standard InChI is InChI=1S/C17H22O3/c1-13-5-4-6-14(12-18)16(13)20-15-7-10-19-17(11-15)8-2-3-9-17/h4-6,12,15H,2-3,7-11H2,1H3. The van der Waals surface area contributed by atoms with E-state index >= 15 is 0 Å². The van der Waals surface area contributed by atoms with Gasteiger partial charge in [0, 0.05) is 12.8 Å². The predicted molar refractivity (Wildman–Crippen MR) is 77.4 cm³/mol. The number of hydrogen-bond donors (Lipinski definition) is 0. The molecule has 1 aromatic carbocycles. The summed E-state index contributed by atoms with van der Waals surface area (Å²) in [5.41, 5.74) is 1.73. The summed E-state index contributed by atoms with van der Waals surface area (Å²) in [4.78, 5) is 11.2. The molecule has 2 aliphatic rings. The highest BCUT2D eigenvalue weighted by Gasteiger charge is 2.40. The van der Waals surface area contributed by atoms with E-state index in [1.54, 1.807) is 0 Å². The fraction of sp³-hybridized carbons (Fsp3) is 0.588. The highest BCUT2D eigenvalue weighted by atomic mass is 16.5. The molecule has 1 unspecified atom stereocenters. The van der Waals surface area contributed by atoms with Gasteiger partial charge in [0.05, 0.1) is 17.8 Å². The summed E-state index contributed by atoms with van der Waals surface area (Å²) in [7, 11) is 0. The second kappa shape index (κ2) is 5.57. The largest absolute Gasteiger partial charge is 0.489 e. The molecule has 3 rings (SSSR count). The average molecular weight is 274 g/mol. The number of aryl methyl sites for hydroxylation is 1. The van der Waals surface area contributed by atoms with Gasteiger partial charge < -0.3 is 9.47 Å². The molecule has 0 amide bonds. The minimum atomic E-state index is 0.0486. The van der Waals surface area contributed by atoms with E-state index in [1.807, 2.05) is 25.1 Å². The van der Waals surface area contributed by atoms with Crippen LogP contribution in [-0.2, 0) is 4.74 Å². The number of para-hydroxylation sites is 1. The van der Waals surface area contributed by atoms with Crippen molar-refractivity contribution in [1.29, 1.82) is 0 Å². The summed E-state index contributed by atoms with van der Waals surface area (Å²) in [6.45, 7) is 2.76. The third kappa shape index (κ3) is 2.59. The SMILES string of the molecule is Cc1cccc(C=O)c1OC1CCOC2(CCCC2)C1. The van der Waals surface area contributed by atoms with Gasteiger partial charge in [0.25, 0.3) is 0 Å². The maximum absolute atomic E-state index is 11.2. The zero-order valence-corrected chi connectivity index (χ0v) is 12.1. The van der Waals surface area contributed by atoms with Gasteiger partial charge in [-0.3, -0.25) is 4.79 Å². The number of aldehydes is 1. The van der Waals surface area contributed by atoms with Crippen LogP contribution in [0.25, 0.3) is 0 Å². The quantitative estimate of drug-likeness (QED) is 0.789. The molecule has 2 fully saturated rings. The Morgan fingerprint density at radius 3 is 2.90 bits per heavy atom. The Kier molecular flexibility index (Phi) is 3.79. The van der Waals surface area contributed by atoms with Crippen LogP contribution in [0.5, 0.6) is 5.75 Å². The highest BCUT2D eigenvalue weighted by Crippen LogP contribution is 2.41. The van der Waals surface area contributed by atoms with Gasteiger partial charge in [-0.25, -0.2) is 0 Å². The van der Waals surface area contributed by atoms with Crippen LogP contribution in [0.1, 0.15) is 54.4 Å². The van der Waals surface area contributed by atoms with Crippen molar-refractivity contribution in [2.24, 2.45) is 0 Å². The van der Waals surface area contributed by atoms with E-state index < -0.39 is 0 Å². The molecule has 0 N–H and O–H groups in total. The molecule has 3 heteroatoms. The first-order valence-electron chi connectivity index (χ1n) is 7.58. The summed E-state index contributed by atoms with van der Waals surface area (Å²) in [6.07, 6.45) is 7.75. The van der Waals surface area contributed by atoms with E-state index in [2.05, 4.69) is 0 Å². The molecule has 0 aromatic heterocycles. The minimum Gasteiger partial charge on any atom is -0.489 e. The molecular formula is C17H22O3. The third-order valence-corrected chi connectivity index (χ3v) is 4.62. The van der Waals surface area contributed by atoms with E-state index in [-0.39, 0.29) is 11.7 Å². The molecule has 1 spiro atoms. The third-order valence-electron chi connectivity index (χ3n) is 4.62. The number of carbonyl (C=O) groups excluding carboxylic acids is 1. The molecule has 20 heavy (non-hydrogen) atoms. The molecule has 108 valence electrons. The van der Waals surface area contributed by atoms with Crippen molar-refractivity contribution in [2.75, 3.05) is 6.61 Å². The normalized spacial score (nSPS) is 24.8. The first-order valence-corrected chi connectivity index (χ1v) is 7.58. The second-order valence-corrected chi connectivity index (χ2v) is 6.08. The molecule has 3 nitrogen and oxygen atoms in total. The van der Waals surface area contributed by atoms with E-state index in [4.69, 9.17) is 9.47 Å². The van der Waals surface area contributed by atoms with Crippen molar-refractivity contribution in [1.82, 2.24) is 0 Å². The summed E-state index contributed by atoms with van der Waals surface area (Å²) in [5.74, 6) is 0.752. The van der Waals surface area contributed by atoms with Gasteiger partial charge in [-0.2, -0.15) is 0 Å². The van der Waals surface area contributed by atoms with Crippen LogP contribution >= 0.6 is 0 Å². The van der Waals surface area contributed by atoms with E-state index in [9.17, 15) is 4.79 Å². The van der Waals surface area contributed by atoms with Crippen LogP contribution in [0.15, 0.2) is 18.2 Å². The Hall–Kier alpha value is -1.35. The van der Waals surface area contributed by atoms with Crippen LogP contribution in [0.4, 0.5) is 0 Å². The van der Waals surface area contributed by atoms with Gasteiger partial charge >= 0.3 is 0 Å². The van der Waals surface area contributed by atoms with E-state index in [0.717, 1.165) is 49.9 Å². The number of ether oxygens (including phenoxy) is 2. The van der Waals surface area contributed by atoms with E-state index in [1.165, 1.54) is 12.8 Å². The smallest absolute Gasteiger partial charge is 0.153 e. The van der Waals surface area contributed by atoms with Crippen LogP contribution in [0.3, 0.4) is 0 Å². The molecule has 1 saturated heterocycles. The van der Waals surface area contributed by atoms with Crippen LogP contribution in [-0.4, -0.2) is 24.6 Å². The molecule has 0 bridgehead atoms. The maximum atomic E-state index is 11.2. The second-order valence-electron chi connectivity index (χ2n) is 6.08. The Morgan fingerprint density at radius 1 is 1.35 bits per heavy atom. The zero-order chi connectivity index (χ0) is 14.0. The number of hydrogen-bond acceptors (Lipinski definition) is 3. The average Bonchev–Trinajstić information content (AvgIpc) is 2.89. The summed E-state index contributed by atoms with van der Waals surface area (Å²) >= 11 is 0. The number of carbonyl (C=O) groups is 1. The lowest BCUT2D eigenvalue weighted by molar-refractivity contribution is -0.108. The van der Waals surface area contributed by atoms with Gasteiger partial charge in [-0.15, -0.1) is 0 Å². The predicted octanol–water partition coefficient (Wildman–Crippen LogP) is 3.68. The van der Waals surface area contributed by atoms with Crippen molar-refractivity contribution in [2.45, 2.75) is 57.2 Å². The minimum absolute atomic E-state index is 0.0486. The van der Waals surface area contributed by atoms with Gasteiger partial charge in [0.1, 0.15) is 11.9 Å². The van der Waals surface area contributed by atoms with Crippen molar-refractivity contribution in [3.05, 3.63) is 29.3 Å². The molecule has 1 heterocycles. The molecule has 0 radical (unpaired) electrons. The molecule has 1 atom stereocenters. The van der Waals surface area contributed by atoms with Crippen LogP contribution in [0, 0.1) is 6.92 Å². The first-order chi connectivity index (χ1) is 9.72. The Balaban J connectivity index is 1.76. The monoisotopic (exact) mass is 274 g/mol. The Bertz CT molecular complexity index is 489. The van der Waals surface area contributed by atoms with Gasteiger partial charge in [0.2, 0.25) is 0 Å². The molecule has 1 aliphatic heterocycles. The Labute approximate surface area is 120 Å². The molecular weight excluding hydrogens is 252 g/mol. The van der Waals surface area contributed by atoms with Crippen molar-refractivity contribution < 1.29 is 14.3 Å². The van der Waals surface area contributed by atoms with Crippen LogP contribution in [0.2, 0.25) is 0 Å². The fourth-order valence-corrected chi connectivity index (χ4v) is 3.55. The van der Waals surface area contributed by atoms with E-state index in [0.29, 0.717) is 5.56 Å². The number of rotatable bonds is 3. The summed E-state index contributed by atoms with van der Waals surface area (Å²) in [6, 6.07) is 5.71. The lowest BCUT2D eigenvalue weighted by Gasteiger charge is -2.38. The van der Waals surface area contributed by atoms with Crippen LogP contribution < -0.4 is 4.74 Å². The van der Waals surface area contributed by atoms with Crippen molar-refractivity contribution >= 4 is 6.29 Å². The lowest BCUT2D eigenvalue weighted by Crippen LogP contribution is -2.41. The Morgan fingerprint density at radius 2 is 2.15 bits per heavy atom. The van der Waals surface area contributed by atoms with Gasteiger partial charge in [0.15, 0.2) is 6.29 Å². The molecule has 1 saturated carbocycles. The van der Waals surface area contributed by atoms with Crippen molar-refractivity contribution in [3.63, 3.8) is 0 Å². The number of benzene rings is 1.